The summed E-state index contributed by atoms with van der Waals surface area (Å²) in [6, 6.07) is -0.996. The van der Waals surface area contributed by atoms with Gasteiger partial charge in [-0.25, -0.2) is 9.78 Å². The molecule has 1 aliphatic carbocycles. The number of urea groups is 1. The van der Waals surface area contributed by atoms with Gasteiger partial charge in [0.1, 0.15) is 17.2 Å². The van der Waals surface area contributed by atoms with Gasteiger partial charge in [-0.2, -0.15) is 0 Å². The van der Waals surface area contributed by atoms with Crippen LogP contribution >= 0.6 is 0 Å². The van der Waals surface area contributed by atoms with E-state index < -0.39 is 6.03 Å². The number of ketones is 2. The summed E-state index contributed by atoms with van der Waals surface area (Å²) >= 11 is 0. The van der Waals surface area contributed by atoms with E-state index in [0.29, 0.717) is 35.8 Å². The molecule has 1 aromatic heterocycles. The van der Waals surface area contributed by atoms with Crippen LogP contribution in [0.3, 0.4) is 0 Å². The molecular weight excluding hydrogens is 286 g/mol. The highest BCUT2D eigenvalue weighted by atomic mass is 16.2. The minimum absolute atomic E-state index is 0.157. The van der Waals surface area contributed by atoms with E-state index in [1.807, 2.05) is 4.90 Å². The molecule has 3 aliphatic rings. The van der Waals surface area contributed by atoms with Gasteiger partial charge in [0.2, 0.25) is 11.6 Å². The number of hydrogen-bond donors (Lipinski definition) is 2. The number of allylic oxidation sites excluding steroid dienone is 2. The number of aromatic nitrogens is 2. The van der Waals surface area contributed by atoms with Crippen molar-refractivity contribution in [2.75, 3.05) is 13.1 Å². The van der Waals surface area contributed by atoms with Crippen LogP contribution in [0.4, 0.5) is 4.79 Å². The van der Waals surface area contributed by atoms with Gasteiger partial charge in [-0.05, 0) is 13.3 Å². The second kappa shape index (κ2) is 4.19. The van der Waals surface area contributed by atoms with Gasteiger partial charge in [0.15, 0.2) is 0 Å². The van der Waals surface area contributed by atoms with Gasteiger partial charge < -0.3 is 20.5 Å². The third kappa shape index (κ3) is 1.63. The highest BCUT2D eigenvalue weighted by Crippen LogP contribution is 2.35. The lowest BCUT2D eigenvalue weighted by Gasteiger charge is -2.17. The number of carbonyl (C=O) groups is 3. The van der Waals surface area contributed by atoms with Gasteiger partial charge in [0.05, 0.1) is 11.7 Å². The van der Waals surface area contributed by atoms with Crippen LogP contribution in [0, 0.1) is 0 Å². The Hall–Kier alpha value is -2.64. The lowest BCUT2D eigenvalue weighted by molar-refractivity contribution is 0.0952. The summed E-state index contributed by atoms with van der Waals surface area (Å²) in [6.45, 7) is 3.81. The first-order valence-corrected chi connectivity index (χ1v) is 7.20. The highest BCUT2D eigenvalue weighted by Gasteiger charge is 2.42. The zero-order valence-electron chi connectivity index (χ0n) is 12.0. The van der Waals surface area contributed by atoms with Crippen molar-refractivity contribution in [1.82, 2.24) is 19.8 Å². The molecule has 0 saturated carbocycles. The van der Waals surface area contributed by atoms with E-state index in [-0.39, 0.29) is 23.3 Å². The average Bonchev–Trinajstić information content (AvgIpc) is 3.09. The first-order valence-electron chi connectivity index (χ1n) is 7.20. The van der Waals surface area contributed by atoms with Crippen LogP contribution in [-0.4, -0.2) is 45.1 Å². The number of Topliss-reactive ketones (excluding diaryl/α,β-unsaturated/α-hetero) is 2. The maximum absolute atomic E-state index is 12.6. The number of fused-ring (bicyclic) bond motifs is 3. The van der Waals surface area contributed by atoms with Crippen molar-refractivity contribution in [3.05, 3.63) is 28.5 Å². The fraction of sp³-hybridized carbons (Fsp3) is 0.429. The molecule has 0 aromatic carbocycles. The van der Waals surface area contributed by atoms with E-state index in [1.165, 1.54) is 0 Å². The van der Waals surface area contributed by atoms with Crippen molar-refractivity contribution in [1.29, 1.82) is 0 Å². The molecular formula is C14H15N5O3. The Labute approximate surface area is 126 Å². The minimum atomic E-state index is -0.642. The Kier molecular flexibility index (Phi) is 2.48. The number of imidazole rings is 1. The minimum Gasteiger partial charge on any atom is -0.364 e. The van der Waals surface area contributed by atoms with Crippen molar-refractivity contribution < 1.29 is 14.4 Å². The Bertz CT molecular complexity index is 772. The Balaban J connectivity index is 1.81. The SMILES string of the molecule is CC1=C(N2CC2)C(=O)c2nc3n(c2C1=O)CC[C@H]3NC(N)=O. The van der Waals surface area contributed by atoms with Crippen molar-refractivity contribution in [2.24, 2.45) is 5.73 Å². The van der Waals surface area contributed by atoms with Gasteiger partial charge in [-0.1, -0.05) is 0 Å². The number of carbonyl (C=O) groups excluding carboxylic acids is 3. The van der Waals surface area contributed by atoms with Gasteiger partial charge >= 0.3 is 6.03 Å². The molecule has 1 aromatic rings. The number of rotatable bonds is 2. The predicted octanol–water partition coefficient (Wildman–Crippen LogP) is -0.0352. The number of nitrogens with one attached hydrogen (secondary N) is 1. The molecule has 3 N–H and O–H groups in total. The largest absolute Gasteiger partial charge is 0.364 e. The Morgan fingerprint density at radius 3 is 2.64 bits per heavy atom. The number of primary amides is 1. The van der Waals surface area contributed by atoms with Crippen LogP contribution < -0.4 is 11.1 Å². The maximum atomic E-state index is 12.6. The quantitative estimate of drug-likeness (QED) is 0.745. The molecule has 0 unspecified atom stereocenters. The van der Waals surface area contributed by atoms with Gasteiger partial charge in [0, 0.05) is 25.2 Å². The average molecular weight is 301 g/mol. The number of nitrogens with zero attached hydrogens (tertiary/aromatic N) is 3. The molecule has 0 spiro atoms. The fourth-order valence-corrected chi connectivity index (χ4v) is 3.27. The molecule has 114 valence electrons. The number of amides is 2. The number of hydrogen-bond acceptors (Lipinski definition) is 5. The van der Waals surface area contributed by atoms with E-state index in [0.717, 1.165) is 13.1 Å². The summed E-state index contributed by atoms with van der Waals surface area (Å²) in [6.07, 6.45) is 0.613. The monoisotopic (exact) mass is 301 g/mol. The molecule has 4 rings (SSSR count). The van der Waals surface area contributed by atoms with Crippen LogP contribution in [-0.2, 0) is 6.54 Å². The molecule has 2 amide bonds. The highest BCUT2D eigenvalue weighted by molar-refractivity contribution is 6.25. The topological polar surface area (TPSA) is 110 Å². The smallest absolute Gasteiger partial charge is 0.312 e. The molecule has 1 saturated heterocycles. The maximum Gasteiger partial charge on any atom is 0.312 e. The lowest BCUT2D eigenvalue weighted by Crippen LogP contribution is -2.32. The molecule has 1 fully saturated rings. The fourth-order valence-electron chi connectivity index (χ4n) is 3.27. The van der Waals surface area contributed by atoms with E-state index in [1.54, 1.807) is 11.5 Å². The van der Waals surface area contributed by atoms with Crippen molar-refractivity contribution in [2.45, 2.75) is 25.9 Å². The molecule has 8 heteroatoms. The van der Waals surface area contributed by atoms with Crippen molar-refractivity contribution in [3.63, 3.8) is 0 Å². The summed E-state index contributed by atoms with van der Waals surface area (Å²) in [5.41, 5.74) is 6.65. The van der Waals surface area contributed by atoms with Crippen LogP contribution in [0.5, 0.6) is 0 Å². The Morgan fingerprint density at radius 2 is 2.00 bits per heavy atom. The summed E-state index contributed by atoms with van der Waals surface area (Å²) in [5.74, 6) is 0.171. The molecule has 22 heavy (non-hydrogen) atoms. The van der Waals surface area contributed by atoms with E-state index in [9.17, 15) is 14.4 Å². The van der Waals surface area contributed by atoms with Gasteiger partial charge in [-0.15, -0.1) is 0 Å². The van der Waals surface area contributed by atoms with Crippen molar-refractivity contribution >= 4 is 17.6 Å². The first kappa shape index (κ1) is 13.1. The second-order valence-electron chi connectivity index (χ2n) is 5.79. The molecule has 0 radical (unpaired) electrons. The van der Waals surface area contributed by atoms with E-state index in [2.05, 4.69) is 10.3 Å². The van der Waals surface area contributed by atoms with Gasteiger partial charge in [-0.3, -0.25) is 9.59 Å². The third-order valence-corrected chi connectivity index (χ3v) is 4.37. The molecule has 2 aliphatic heterocycles. The molecule has 0 bridgehead atoms. The molecule has 3 heterocycles. The van der Waals surface area contributed by atoms with Crippen LogP contribution in [0.1, 0.15) is 46.2 Å². The third-order valence-electron chi connectivity index (χ3n) is 4.37. The summed E-state index contributed by atoms with van der Waals surface area (Å²) in [5, 5.41) is 2.60. The standard InChI is InChI=1S/C14H15N5O3/c1-6-9(18-4-5-18)12(21)8-10(11(6)20)19-3-2-7(13(19)17-8)16-14(15)22/h7H,2-5H2,1H3,(H3,15,16,22)/t7-/m1/s1. The van der Waals surface area contributed by atoms with E-state index >= 15 is 0 Å². The lowest BCUT2D eigenvalue weighted by atomic mass is 9.95. The van der Waals surface area contributed by atoms with E-state index in [4.69, 9.17) is 5.73 Å². The first-order chi connectivity index (χ1) is 10.5. The summed E-state index contributed by atoms with van der Waals surface area (Å²) < 4.78 is 1.73. The molecule has 8 nitrogen and oxygen atoms in total. The van der Waals surface area contributed by atoms with Crippen LogP contribution in [0.2, 0.25) is 0 Å². The van der Waals surface area contributed by atoms with Crippen molar-refractivity contribution in [3.8, 4) is 0 Å². The van der Waals surface area contributed by atoms with Crippen LogP contribution in [0.25, 0.3) is 0 Å². The normalized spacial score (nSPS) is 22.8. The Morgan fingerprint density at radius 1 is 1.27 bits per heavy atom. The van der Waals surface area contributed by atoms with Crippen LogP contribution in [0.15, 0.2) is 11.3 Å². The summed E-state index contributed by atoms with van der Waals surface area (Å²) in [7, 11) is 0. The predicted molar refractivity (Wildman–Crippen MR) is 75.2 cm³/mol. The zero-order chi connectivity index (χ0) is 15.6. The van der Waals surface area contributed by atoms with Gasteiger partial charge in [0.25, 0.3) is 0 Å². The second-order valence-corrected chi connectivity index (χ2v) is 5.79. The summed E-state index contributed by atoms with van der Waals surface area (Å²) in [4.78, 5) is 42.6. The zero-order valence-corrected chi connectivity index (χ0v) is 12.0. The molecule has 1 atom stereocenters. The number of nitrogens with two attached hydrogens (primary N) is 1.